The Morgan fingerprint density at radius 2 is 2.29 bits per heavy atom. The number of hydrogen-bond acceptors (Lipinski definition) is 2. The molecule has 0 spiro atoms. The highest BCUT2D eigenvalue weighted by Crippen LogP contribution is 2.33. The summed E-state index contributed by atoms with van der Waals surface area (Å²) in [5.41, 5.74) is 9.48. The van der Waals surface area contributed by atoms with Crippen molar-refractivity contribution in [1.29, 1.82) is 0 Å². The number of imidazole rings is 1. The maximum absolute atomic E-state index is 6.13. The minimum absolute atomic E-state index is 0.263. The molecule has 1 fully saturated rings. The summed E-state index contributed by atoms with van der Waals surface area (Å²) < 4.78 is 1.09. The molecule has 0 saturated heterocycles. The van der Waals surface area contributed by atoms with Gasteiger partial charge < -0.3 is 10.7 Å². The van der Waals surface area contributed by atoms with Gasteiger partial charge in [0.2, 0.25) is 0 Å². The summed E-state index contributed by atoms with van der Waals surface area (Å²) in [7, 11) is 0. The molecule has 1 saturated carbocycles. The van der Waals surface area contributed by atoms with Gasteiger partial charge in [-0.2, -0.15) is 0 Å². The summed E-state index contributed by atoms with van der Waals surface area (Å²) in [5.74, 6) is 1.73. The molecule has 1 aliphatic carbocycles. The van der Waals surface area contributed by atoms with Crippen LogP contribution in [0.25, 0.3) is 11.0 Å². The summed E-state index contributed by atoms with van der Waals surface area (Å²) >= 11 is 3.50. The number of rotatable bonds is 3. The molecule has 4 heteroatoms. The monoisotopic (exact) mass is 293 g/mol. The number of nitrogens with one attached hydrogen (secondary N) is 1. The lowest BCUT2D eigenvalue weighted by atomic mass is 10.1. The molecule has 0 bridgehead atoms. The smallest absolute Gasteiger partial charge is 0.108 e. The zero-order valence-electron chi connectivity index (χ0n) is 9.83. The highest BCUT2D eigenvalue weighted by Gasteiger charge is 2.29. The number of nitrogens with two attached hydrogens (primary N) is 1. The first kappa shape index (κ1) is 11.2. The number of aryl methyl sites for hydroxylation is 1. The van der Waals surface area contributed by atoms with Crippen molar-refractivity contribution in [3.05, 3.63) is 28.0 Å². The zero-order chi connectivity index (χ0) is 12.0. The average molecular weight is 294 g/mol. The molecule has 0 aliphatic heterocycles. The second-order valence-corrected chi connectivity index (χ2v) is 5.92. The standard InChI is InChI=1S/C13H16BrN3/c1-7-4-9(14)5-11-13(7)17-12(16-11)6-10(15)8-2-3-8/h4-5,8,10H,2-3,6,15H2,1H3,(H,16,17). The van der Waals surface area contributed by atoms with Crippen molar-refractivity contribution in [3.8, 4) is 0 Å². The Labute approximate surface area is 109 Å². The van der Waals surface area contributed by atoms with Crippen molar-refractivity contribution in [2.45, 2.75) is 32.2 Å². The summed E-state index contributed by atoms with van der Waals surface area (Å²) in [6.07, 6.45) is 3.42. The van der Waals surface area contributed by atoms with Gasteiger partial charge in [-0.1, -0.05) is 15.9 Å². The average Bonchev–Trinajstić information content (AvgIpc) is 3.01. The van der Waals surface area contributed by atoms with E-state index in [2.05, 4.69) is 45.0 Å². The van der Waals surface area contributed by atoms with Crippen LogP contribution in [0.5, 0.6) is 0 Å². The van der Waals surface area contributed by atoms with Gasteiger partial charge in [0.25, 0.3) is 0 Å². The minimum Gasteiger partial charge on any atom is -0.342 e. The lowest BCUT2D eigenvalue weighted by Crippen LogP contribution is -2.25. The van der Waals surface area contributed by atoms with E-state index in [1.165, 1.54) is 18.4 Å². The topological polar surface area (TPSA) is 54.7 Å². The molecule has 2 aromatic rings. The van der Waals surface area contributed by atoms with Crippen molar-refractivity contribution < 1.29 is 0 Å². The second kappa shape index (κ2) is 4.10. The van der Waals surface area contributed by atoms with Gasteiger partial charge in [-0.05, 0) is 43.4 Å². The fourth-order valence-corrected chi connectivity index (χ4v) is 2.88. The molecule has 1 atom stereocenters. The van der Waals surface area contributed by atoms with Crippen LogP contribution in [-0.4, -0.2) is 16.0 Å². The van der Waals surface area contributed by atoms with E-state index in [1.807, 2.05) is 0 Å². The molecule has 1 aliphatic rings. The van der Waals surface area contributed by atoms with Gasteiger partial charge in [-0.15, -0.1) is 0 Å². The predicted molar refractivity (Wildman–Crippen MR) is 72.9 cm³/mol. The lowest BCUT2D eigenvalue weighted by Gasteiger charge is -2.06. The molecule has 3 rings (SSSR count). The third-order valence-electron chi connectivity index (χ3n) is 3.45. The first-order valence-corrected chi connectivity index (χ1v) is 6.83. The van der Waals surface area contributed by atoms with Gasteiger partial charge in [0.15, 0.2) is 0 Å². The van der Waals surface area contributed by atoms with E-state index in [4.69, 9.17) is 5.73 Å². The molecular weight excluding hydrogens is 278 g/mol. The molecule has 1 unspecified atom stereocenters. The SMILES string of the molecule is Cc1cc(Br)cc2[nH]c(CC(N)C3CC3)nc12. The van der Waals surface area contributed by atoms with Crippen LogP contribution >= 0.6 is 15.9 Å². The summed E-state index contributed by atoms with van der Waals surface area (Å²) in [4.78, 5) is 8.02. The van der Waals surface area contributed by atoms with Crippen LogP contribution in [-0.2, 0) is 6.42 Å². The van der Waals surface area contributed by atoms with Crippen molar-refractivity contribution in [1.82, 2.24) is 9.97 Å². The zero-order valence-corrected chi connectivity index (χ0v) is 11.4. The van der Waals surface area contributed by atoms with E-state index in [9.17, 15) is 0 Å². The molecule has 90 valence electrons. The Morgan fingerprint density at radius 1 is 1.53 bits per heavy atom. The number of hydrogen-bond donors (Lipinski definition) is 2. The molecular formula is C13H16BrN3. The quantitative estimate of drug-likeness (QED) is 0.914. The van der Waals surface area contributed by atoms with Gasteiger partial charge >= 0.3 is 0 Å². The van der Waals surface area contributed by atoms with E-state index >= 15 is 0 Å². The highest BCUT2D eigenvalue weighted by atomic mass is 79.9. The molecule has 3 nitrogen and oxygen atoms in total. The maximum atomic E-state index is 6.13. The Kier molecular flexibility index (Phi) is 2.71. The summed E-state index contributed by atoms with van der Waals surface area (Å²) in [5, 5.41) is 0. The Hall–Kier alpha value is -0.870. The van der Waals surface area contributed by atoms with E-state index in [1.54, 1.807) is 0 Å². The number of fused-ring (bicyclic) bond motifs is 1. The number of nitrogens with zero attached hydrogens (tertiary/aromatic N) is 1. The Bertz CT molecular complexity index is 557. The molecule has 1 heterocycles. The van der Waals surface area contributed by atoms with Crippen LogP contribution in [0.1, 0.15) is 24.2 Å². The van der Waals surface area contributed by atoms with Crippen molar-refractivity contribution in [2.24, 2.45) is 11.7 Å². The maximum Gasteiger partial charge on any atom is 0.108 e. The van der Waals surface area contributed by atoms with Crippen LogP contribution < -0.4 is 5.73 Å². The number of aromatic nitrogens is 2. The van der Waals surface area contributed by atoms with E-state index in [-0.39, 0.29) is 6.04 Å². The summed E-state index contributed by atoms with van der Waals surface area (Å²) in [6.45, 7) is 2.08. The summed E-state index contributed by atoms with van der Waals surface area (Å²) in [6, 6.07) is 4.43. The van der Waals surface area contributed by atoms with E-state index < -0.39 is 0 Å². The van der Waals surface area contributed by atoms with Crippen molar-refractivity contribution in [2.75, 3.05) is 0 Å². The van der Waals surface area contributed by atoms with Crippen LogP contribution in [0.4, 0.5) is 0 Å². The molecule has 0 amide bonds. The molecule has 0 radical (unpaired) electrons. The van der Waals surface area contributed by atoms with Crippen molar-refractivity contribution >= 4 is 27.0 Å². The largest absolute Gasteiger partial charge is 0.342 e. The third kappa shape index (κ3) is 2.24. The number of aromatic amines is 1. The normalized spacial score (nSPS) is 17.6. The molecule has 1 aromatic carbocycles. The minimum atomic E-state index is 0.263. The van der Waals surface area contributed by atoms with Gasteiger partial charge in [-0.25, -0.2) is 4.98 Å². The van der Waals surface area contributed by atoms with Crippen LogP contribution in [0.3, 0.4) is 0 Å². The molecule has 3 N–H and O–H groups in total. The van der Waals surface area contributed by atoms with E-state index in [0.717, 1.165) is 33.7 Å². The van der Waals surface area contributed by atoms with E-state index in [0.29, 0.717) is 0 Å². The first-order chi connectivity index (χ1) is 8.13. The molecule has 17 heavy (non-hydrogen) atoms. The fraction of sp³-hybridized carbons (Fsp3) is 0.462. The van der Waals surface area contributed by atoms with Gasteiger partial charge in [-0.3, -0.25) is 0 Å². The highest BCUT2D eigenvalue weighted by molar-refractivity contribution is 9.10. The Morgan fingerprint density at radius 3 is 3.00 bits per heavy atom. The van der Waals surface area contributed by atoms with Gasteiger partial charge in [0.1, 0.15) is 5.82 Å². The first-order valence-electron chi connectivity index (χ1n) is 6.04. The van der Waals surface area contributed by atoms with Gasteiger partial charge in [0, 0.05) is 16.9 Å². The number of benzene rings is 1. The number of halogens is 1. The van der Waals surface area contributed by atoms with Crippen LogP contribution in [0.15, 0.2) is 16.6 Å². The molecule has 1 aromatic heterocycles. The van der Waals surface area contributed by atoms with Crippen molar-refractivity contribution in [3.63, 3.8) is 0 Å². The number of H-pyrrole nitrogens is 1. The van der Waals surface area contributed by atoms with Crippen LogP contribution in [0, 0.1) is 12.8 Å². The second-order valence-electron chi connectivity index (χ2n) is 5.01. The Balaban J connectivity index is 1.92. The third-order valence-corrected chi connectivity index (χ3v) is 3.91. The predicted octanol–water partition coefficient (Wildman–Crippen LogP) is 2.91. The fourth-order valence-electron chi connectivity index (χ4n) is 2.31. The van der Waals surface area contributed by atoms with Crippen LogP contribution in [0.2, 0.25) is 0 Å². The van der Waals surface area contributed by atoms with Gasteiger partial charge in [0.05, 0.1) is 11.0 Å². The lowest BCUT2D eigenvalue weighted by molar-refractivity contribution is 0.579.